The number of aromatic amines is 1. The van der Waals surface area contributed by atoms with Gasteiger partial charge >= 0.3 is 0 Å². The Morgan fingerprint density at radius 2 is 1.89 bits per heavy atom. The van der Waals surface area contributed by atoms with Crippen molar-refractivity contribution >= 4 is 29.4 Å². The van der Waals surface area contributed by atoms with Crippen molar-refractivity contribution in [1.82, 2.24) is 25.5 Å². The molecule has 12 heteroatoms. The Labute approximate surface area is 204 Å². The number of hydrogen-bond acceptors (Lipinski definition) is 7. The number of tetrazole rings is 1. The number of carbonyl (C=O) groups is 2. The van der Waals surface area contributed by atoms with Crippen LogP contribution in [0.15, 0.2) is 42.5 Å². The Balaban J connectivity index is 1.21. The van der Waals surface area contributed by atoms with Crippen LogP contribution in [0.2, 0.25) is 5.02 Å². The lowest BCUT2D eigenvalue weighted by Crippen LogP contribution is -2.50. The molecule has 3 heterocycles. The Morgan fingerprint density at radius 1 is 1.14 bits per heavy atom. The van der Waals surface area contributed by atoms with Crippen LogP contribution in [0.1, 0.15) is 36.0 Å². The van der Waals surface area contributed by atoms with E-state index in [9.17, 15) is 14.0 Å². The summed E-state index contributed by atoms with van der Waals surface area (Å²) in [6.07, 6.45) is 3.12. The van der Waals surface area contributed by atoms with Crippen molar-refractivity contribution in [2.75, 3.05) is 11.9 Å². The Kier molecular flexibility index (Phi) is 6.49. The van der Waals surface area contributed by atoms with Crippen molar-refractivity contribution < 1.29 is 23.5 Å². The van der Waals surface area contributed by atoms with Crippen LogP contribution in [-0.4, -0.2) is 62.1 Å². The molecule has 2 N–H and O–H groups in total. The van der Waals surface area contributed by atoms with E-state index < -0.39 is 5.91 Å². The third-order valence-electron chi connectivity index (χ3n) is 6.20. The highest BCUT2D eigenvalue weighted by molar-refractivity contribution is 6.31. The predicted octanol–water partition coefficient (Wildman–Crippen LogP) is 3.22. The van der Waals surface area contributed by atoms with E-state index in [1.807, 2.05) is 4.90 Å². The first-order chi connectivity index (χ1) is 17.0. The van der Waals surface area contributed by atoms with Crippen molar-refractivity contribution in [2.24, 2.45) is 0 Å². The summed E-state index contributed by atoms with van der Waals surface area (Å²) in [4.78, 5) is 27.6. The number of anilines is 1. The van der Waals surface area contributed by atoms with Gasteiger partial charge in [0, 0.05) is 29.9 Å². The van der Waals surface area contributed by atoms with Crippen LogP contribution in [-0.2, 0) is 4.79 Å². The fourth-order valence-electron chi connectivity index (χ4n) is 4.74. The number of hydrogen-bond donors (Lipinski definition) is 2. The summed E-state index contributed by atoms with van der Waals surface area (Å²) < 4.78 is 25.0. The average molecular weight is 501 g/mol. The molecule has 35 heavy (non-hydrogen) atoms. The molecule has 3 aromatic rings. The molecule has 0 saturated carbocycles. The lowest BCUT2D eigenvalue weighted by Gasteiger charge is -2.38. The summed E-state index contributed by atoms with van der Waals surface area (Å²) in [5.41, 5.74) is 0.143. The number of ether oxygens (including phenoxy) is 2. The van der Waals surface area contributed by atoms with Gasteiger partial charge in [-0.3, -0.25) is 14.9 Å². The van der Waals surface area contributed by atoms with E-state index in [0.717, 1.165) is 12.8 Å². The van der Waals surface area contributed by atoms with Crippen molar-refractivity contribution in [1.29, 1.82) is 0 Å². The topological polar surface area (TPSA) is 122 Å². The average Bonchev–Trinajstić information content (AvgIpc) is 3.45. The summed E-state index contributed by atoms with van der Waals surface area (Å²) in [7, 11) is 0. The van der Waals surface area contributed by atoms with Gasteiger partial charge in [-0.05, 0) is 60.5 Å². The third-order valence-corrected chi connectivity index (χ3v) is 6.44. The lowest BCUT2D eigenvalue weighted by molar-refractivity contribution is -0.139. The number of H-pyrrole nitrogens is 1. The Hall–Kier alpha value is -3.73. The molecule has 0 aliphatic carbocycles. The van der Waals surface area contributed by atoms with Gasteiger partial charge in [0.25, 0.3) is 17.8 Å². The molecule has 0 spiro atoms. The van der Waals surface area contributed by atoms with Crippen LogP contribution >= 0.6 is 11.6 Å². The molecule has 182 valence electrons. The summed E-state index contributed by atoms with van der Waals surface area (Å²) in [5.74, 6) is -0.181. The summed E-state index contributed by atoms with van der Waals surface area (Å²) >= 11 is 6.06. The van der Waals surface area contributed by atoms with Gasteiger partial charge in [0.05, 0.1) is 5.56 Å². The maximum absolute atomic E-state index is 13.2. The van der Waals surface area contributed by atoms with E-state index in [0.29, 0.717) is 23.6 Å². The predicted molar refractivity (Wildman–Crippen MR) is 123 cm³/mol. The quantitative estimate of drug-likeness (QED) is 0.510. The van der Waals surface area contributed by atoms with Crippen LogP contribution in [0.5, 0.6) is 11.5 Å². The molecule has 2 fully saturated rings. The van der Waals surface area contributed by atoms with E-state index in [4.69, 9.17) is 21.1 Å². The molecule has 2 aromatic carbocycles. The summed E-state index contributed by atoms with van der Waals surface area (Å²) in [6, 6.07) is 10.6. The number of benzene rings is 2. The molecule has 5 rings (SSSR count). The molecule has 2 atom stereocenters. The van der Waals surface area contributed by atoms with E-state index in [1.165, 1.54) is 24.3 Å². The van der Waals surface area contributed by atoms with Crippen molar-refractivity contribution in [3.05, 3.63) is 58.9 Å². The van der Waals surface area contributed by atoms with Crippen LogP contribution in [0.4, 0.5) is 10.3 Å². The maximum atomic E-state index is 13.2. The molecule has 2 aliphatic heterocycles. The fourth-order valence-corrected chi connectivity index (χ4v) is 4.91. The van der Waals surface area contributed by atoms with E-state index in [2.05, 4.69) is 25.9 Å². The minimum Gasteiger partial charge on any atom is -0.490 e. The molecule has 2 saturated heterocycles. The smallest absolute Gasteiger partial charge is 0.270 e. The van der Waals surface area contributed by atoms with Gasteiger partial charge in [0.15, 0.2) is 6.61 Å². The normalized spacial score (nSPS) is 21.0. The Bertz CT molecular complexity index is 1200. The monoisotopic (exact) mass is 500 g/mol. The largest absolute Gasteiger partial charge is 0.490 e. The zero-order valence-corrected chi connectivity index (χ0v) is 19.2. The number of aromatic nitrogens is 4. The third kappa shape index (κ3) is 5.19. The zero-order chi connectivity index (χ0) is 24.4. The molecule has 2 aliphatic rings. The second kappa shape index (κ2) is 9.87. The van der Waals surface area contributed by atoms with Crippen molar-refractivity contribution in [3.63, 3.8) is 0 Å². The van der Waals surface area contributed by atoms with E-state index >= 15 is 0 Å². The second-order valence-corrected chi connectivity index (χ2v) is 8.91. The van der Waals surface area contributed by atoms with Gasteiger partial charge in [-0.2, -0.15) is 5.21 Å². The maximum Gasteiger partial charge on any atom is 0.270 e. The van der Waals surface area contributed by atoms with Crippen LogP contribution < -0.4 is 14.8 Å². The van der Waals surface area contributed by atoms with Crippen LogP contribution in [0.25, 0.3) is 0 Å². The zero-order valence-electron chi connectivity index (χ0n) is 18.5. The highest BCUT2D eigenvalue weighted by Gasteiger charge is 2.44. The van der Waals surface area contributed by atoms with Gasteiger partial charge in [0.1, 0.15) is 23.4 Å². The van der Waals surface area contributed by atoms with E-state index in [1.54, 1.807) is 18.2 Å². The molecule has 10 nitrogen and oxygen atoms in total. The molecule has 0 radical (unpaired) electrons. The minimum atomic E-state index is -0.546. The fraction of sp³-hybridized carbons (Fsp3) is 0.348. The number of nitrogens with one attached hydrogen (secondary N) is 2. The number of rotatable bonds is 7. The first-order valence-electron chi connectivity index (χ1n) is 11.2. The number of fused-ring (bicyclic) bond motifs is 2. The number of carbonyl (C=O) groups excluding carboxylic acids is 2. The van der Waals surface area contributed by atoms with Gasteiger partial charge in [-0.1, -0.05) is 16.7 Å². The molecular weight excluding hydrogens is 479 g/mol. The lowest BCUT2D eigenvalue weighted by atomic mass is 9.99. The first kappa shape index (κ1) is 23.0. The van der Waals surface area contributed by atoms with Gasteiger partial charge in [-0.25, -0.2) is 4.39 Å². The minimum absolute atomic E-state index is 0.000644. The molecule has 2 bridgehead atoms. The van der Waals surface area contributed by atoms with Gasteiger partial charge < -0.3 is 14.4 Å². The Morgan fingerprint density at radius 3 is 2.57 bits per heavy atom. The summed E-state index contributed by atoms with van der Waals surface area (Å²) in [6.45, 7) is -0.222. The standard InChI is InChI=1S/C23H22ClFN6O4/c24-13-1-8-20(19(9-13)22(33)26-23-27-29-30-28-23)34-12-21(32)31-15-4-5-16(31)11-18(10-15)35-17-6-2-14(25)3-7-17/h1-3,6-9,15-16,18H,4-5,10-12H2,(H2,26,27,28,29,30,33). The number of amides is 2. The summed E-state index contributed by atoms with van der Waals surface area (Å²) in [5, 5.41) is 15.8. The van der Waals surface area contributed by atoms with Crippen LogP contribution in [0.3, 0.4) is 0 Å². The van der Waals surface area contributed by atoms with Gasteiger partial charge in [-0.15, -0.1) is 5.10 Å². The molecular formula is C23H22ClFN6O4. The van der Waals surface area contributed by atoms with Crippen molar-refractivity contribution in [2.45, 2.75) is 43.9 Å². The SMILES string of the molecule is O=C(Nc1nn[nH]n1)c1cc(Cl)ccc1OCC(=O)N1C2CCC1CC(Oc1ccc(F)cc1)C2. The second-order valence-electron chi connectivity index (χ2n) is 8.47. The van der Waals surface area contributed by atoms with Crippen LogP contribution in [0, 0.1) is 5.82 Å². The van der Waals surface area contributed by atoms with E-state index in [-0.39, 0.29) is 53.8 Å². The molecule has 2 amide bonds. The number of halogens is 2. The van der Waals surface area contributed by atoms with Gasteiger partial charge in [0.2, 0.25) is 0 Å². The molecule has 2 unspecified atom stereocenters. The van der Waals surface area contributed by atoms with Crippen molar-refractivity contribution in [3.8, 4) is 11.5 Å². The number of nitrogens with zero attached hydrogens (tertiary/aromatic N) is 4. The number of piperidine rings is 1. The first-order valence-corrected chi connectivity index (χ1v) is 11.5. The highest BCUT2D eigenvalue weighted by Crippen LogP contribution is 2.37. The highest BCUT2D eigenvalue weighted by atomic mass is 35.5. The molecule has 1 aromatic heterocycles.